The van der Waals surface area contributed by atoms with Crippen LogP contribution in [0.1, 0.15) is 22.8 Å². The van der Waals surface area contributed by atoms with Gasteiger partial charge < -0.3 is 10.0 Å². The smallest absolute Gasteiger partial charge is 0.253 e. The van der Waals surface area contributed by atoms with Gasteiger partial charge in [-0.3, -0.25) is 4.79 Å². The lowest BCUT2D eigenvalue weighted by Gasteiger charge is -2.23. The number of likely N-dealkylation sites (N-methyl/N-ethyl adjacent to an activating group) is 1. The van der Waals surface area contributed by atoms with Crippen LogP contribution in [-0.4, -0.2) is 35.6 Å². The fourth-order valence-corrected chi connectivity index (χ4v) is 1.99. The Balaban J connectivity index is 2.96. The third-order valence-electron chi connectivity index (χ3n) is 2.53. The zero-order valence-electron chi connectivity index (χ0n) is 9.70. The Hall–Kier alpha value is -0.870. The second-order valence-corrected chi connectivity index (χ2v) is 4.88. The van der Waals surface area contributed by atoms with Gasteiger partial charge in [0.25, 0.3) is 5.91 Å². The summed E-state index contributed by atoms with van der Waals surface area (Å²) in [6.45, 7) is 3.72. The van der Waals surface area contributed by atoms with Gasteiger partial charge in [-0.1, -0.05) is 15.9 Å². The first-order valence-electron chi connectivity index (χ1n) is 5.11. The highest BCUT2D eigenvalue weighted by Crippen LogP contribution is 2.17. The molecule has 0 saturated carbocycles. The van der Waals surface area contributed by atoms with E-state index in [1.54, 1.807) is 18.0 Å². The maximum absolute atomic E-state index is 12.0. The minimum absolute atomic E-state index is 0.0325. The molecule has 0 spiro atoms. The van der Waals surface area contributed by atoms with Crippen LogP contribution in [0.25, 0.3) is 0 Å². The molecular formula is C12H16BrNO2. The SMILES string of the molecule is Cc1cc(Br)cc(C(=O)N(C)C(C)CO)c1. The van der Waals surface area contributed by atoms with Crippen LogP contribution in [0.4, 0.5) is 0 Å². The van der Waals surface area contributed by atoms with E-state index < -0.39 is 0 Å². The lowest BCUT2D eigenvalue weighted by molar-refractivity contribution is 0.0682. The van der Waals surface area contributed by atoms with Crippen molar-refractivity contribution in [3.63, 3.8) is 0 Å². The molecule has 1 aromatic carbocycles. The first-order valence-corrected chi connectivity index (χ1v) is 5.90. The molecule has 1 unspecified atom stereocenters. The molecule has 0 aromatic heterocycles. The van der Waals surface area contributed by atoms with E-state index in [9.17, 15) is 4.79 Å². The molecule has 0 fully saturated rings. The number of aryl methyl sites for hydroxylation is 1. The van der Waals surface area contributed by atoms with E-state index in [0.29, 0.717) is 5.56 Å². The molecule has 0 aliphatic heterocycles. The molecule has 88 valence electrons. The molecule has 1 amide bonds. The summed E-state index contributed by atoms with van der Waals surface area (Å²) in [5.41, 5.74) is 1.66. The molecule has 1 atom stereocenters. The number of hydrogen-bond acceptors (Lipinski definition) is 2. The topological polar surface area (TPSA) is 40.5 Å². The first-order chi connectivity index (χ1) is 7.45. The molecule has 0 saturated heterocycles. The second kappa shape index (κ2) is 5.46. The average molecular weight is 286 g/mol. The molecule has 0 bridgehead atoms. The lowest BCUT2D eigenvalue weighted by Crippen LogP contribution is -2.37. The third-order valence-corrected chi connectivity index (χ3v) is 2.99. The number of hydrogen-bond donors (Lipinski definition) is 1. The summed E-state index contributed by atoms with van der Waals surface area (Å²) < 4.78 is 0.890. The summed E-state index contributed by atoms with van der Waals surface area (Å²) in [7, 11) is 1.69. The molecule has 4 heteroatoms. The maximum Gasteiger partial charge on any atom is 0.253 e. The van der Waals surface area contributed by atoms with Crippen molar-refractivity contribution < 1.29 is 9.90 Å². The molecule has 0 radical (unpaired) electrons. The monoisotopic (exact) mass is 285 g/mol. The third kappa shape index (κ3) is 3.06. The van der Waals surface area contributed by atoms with Gasteiger partial charge in [0.15, 0.2) is 0 Å². The van der Waals surface area contributed by atoms with Gasteiger partial charge in [-0.2, -0.15) is 0 Å². The van der Waals surface area contributed by atoms with Gasteiger partial charge in [0, 0.05) is 17.1 Å². The summed E-state index contributed by atoms with van der Waals surface area (Å²) in [5.74, 6) is -0.0778. The highest BCUT2D eigenvalue weighted by atomic mass is 79.9. The lowest BCUT2D eigenvalue weighted by atomic mass is 10.1. The number of amides is 1. The van der Waals surface area contributed by atoms with Gasteiger partial charge in [-0.15, -0.1) is 0 Å². The number of benzene rings is 1. The van der Waals surface area contributed by atoms with Crippen LogP contribution >= 0.6 is 15.9 Å². The first kappa shape index (κ1) is 13.2. The second-order valence-electron chi connectivity index (χ2n) is 3.96. The molecule has 1 rings (SSSR count). The number of rotatable bonds is 3. The van der Waals surface area contributed by atoms with Gasteiger partial charge in [0.05, 0.1) is 12.6 Å². The average Bonchev–Trinajstić information content (AvgIpc) is 2.24. The number of nitrogens with zero attached hydrogens (tertiary/aromatic N) is 1. The summed E-state index contributed by atoms with van der Waals surface area (Å²) in [6, 6.07) is 5.40. The molecule has 1 N–H and O–H groups in total. The van der Waals surface area contributed by atoms with E-state index in [-0.39, 0.29) is 18.6 Å². The Morgan fingerprint density at radius 3 is 2.62 bits per heavy atom. The van der Waals surface area contributed by atoms with Crippen molar-refractivity contribution in [3.05, 3.63) is 33.8 Å². The highest BCUT2D eigenvalue weighted by molar-refractivity contribution is 9.10. The minimum atomic E-state index is -0.174. The molecule has 0 aliphatic rings. The Kier molecular flexibility index (Phi) is 4.50. The number of halogens is 1. The van der Waals surface area contributed by atoms with Crippen LogP contribution in [0.15, 0.2) is 22.7 Å². The Morgan fingerprint density at radius 1 is 1.50 bits per heavy atom. The van der Waals surface area contributed by atoms with Crippen LogP contribution < -0.4 is 0 Å². The van der Waals surface area contributed by atoms with Crippen molar-refractivity contribution >= 4 is 21.8 Å². The van der Waals surface area contributed by atoms with Gasteiger partial charge in [-0.25, -0.2) is 0 Å². The van der Waals surface area contributed by atoms with E-state index in [1.807, 2.05) is 26.0 Å². The Labute approximate surface area is 104 Å². The highest BCUT2D eigenvalue weighted by Gasteiger charge is 2.17. The molecular weight excluding hydrogens is 270 g/mol. The van der Waals surface area contributed by atoms with E-state index in [4.69, 9.17) is 5.11 Å². The zero-order chi connectivity index (χ0) is 12.3. The van der Waals surface area contributed by atoms with Gasteiger partial charge in [0.1, 0.15) is 0 Å². The van der Waals surface area contributed by atoms with Crippen molar-refractivity contribution in [3.8, 4) is 0 Å². The molecule has 0 heterocycles. The summed E-state index contributed by atoms with van der Waals surface area (Å²) >= 11 is 3.36. The molecule has 0 aliphatic carbocycles. The van der Waals surface area contributed by atoms with Gasteiger partial charge in [0.2, 0.25) is 0 Å². The zero-order valence-corrected chi connectivity index (χ0v) is 11.3. The quantitative estimate of drug-likeness (QED) is 0.925. The van der Waals surface area contributed by atoms with Crippen LogP contribution in [0.3, 0.4) is 0 Å². The van der Waals surface area contributed by atoms with Gasteiger partial charge in [-0.05, 0) is 37.6 Å². The number of carbonyl (C=O) groups excluding carboxylic acids is 1. The minimum Gasteiger partial charge on any atom is -0.394 e. The molecule has 16 heavy (non-hydrogen) atoms. The van der Waals surface area contributed by atoms with Crippen LogP contribution in [-0.2, 0) is 0 Å². The van der Waals surface area contributed by atoms with E-state index >= 15 is 0 Å². The van der Waals surface area contributed by atoms with E-state index in [1.165, 1.54) is 0 Å². The predicted molar refractivity (Wildman–Crippen MR) is 67.5 cm³/mol. The standard InChI is InChI=1S/C12H16BrNO2/c1-8-4-10(6-11(13)5-8)12(16)14(3)9(2)7-15/h4-6,9,15H,7H2,1-3H3. The summed E-state index contributed by atoms with van der Waals surface area (Å²) in [5, 5.41) is 9.01. The van der Waals surface area contributed by atoms with Crippen molar-refractivity contribution in [2.24, 2.45) is 0 Å². The fraction of sp³-hybridized carbons (Fsp3) is 0.417. The van der Waals surface area contributed by atoms with Gasteiger partial charge >= 0.3 is 0 Å². The van der Waals surface area contributed by atoms with Crippen molar-refractivity contribution in [2.75, 3.05) is 13.7 Å². The normalized spacial score (nSPS) is 12.3. The summed E-state index contributed by atoms with van der Waals surface area (Å²) in [6.07, 6.45) is 0. The molecule has 1 aromatic rings. The number of aliphatic hydroxyl groups is 1. The summed E-state index contributed by atoms with van der Waals surface area (Å²) in [4.78, 5) is 13.6. The fourth-order valence-electron chi connectivity index (χ4n) is 1.39. The predicted octanol–water partition coefficient (Wildman–Crippen LogP) is 2.21. The van der Waals surface area contributed by atoms with Crippen molar-refractivity contribution in [2.45, 2.75) is 19.9 Å². The van der Waals surface area contributed by atoms with Crippen LogP contribution in [0.5, 0.6) is 0 Å². The van der Waals surface area contributed by atoms with Crippen LogP contribution in [0, 0.1) is 6.92 Å². The maximum atomic E-state index is 12.0. The largest absolute Gasteiger partial charge is 0.394 e. The van der Waals surface area contributed by atoms with Crippen LogP contribution in [0.2, 0.25) is 0 Å². The van der Waals surface area contributed by atoms with Crippen molar-refractivity contribution in [1.82, 2.24) is 4.90 Å². The number of carbonyl (C=O) groups is 1. The van der Waals surface area contributed by atoms with Crippen molar-refractivity contribution in [1.29, 1.82) is 0 Å². The Bertz CT molecular complexity index is 372. The van der Waals surface area contributed by atoms with E-state index in [2.05, 4.69) is 15.9 Å². The number of aliphatic hydroxyl groups excluding tert-OH is 1. The molecule has 3 nitrogen and oxygen atoms in total. The Morgan fingerprint density at radius 2 is 2.12 bits per heavy atom. The van der Waals surface area contributed by atoms with E-state index in [0.717, 1.165) is 10.0 Å².